The number of anilines is 1. The number of phenols is 1. The van der Waals surface area contributed by atoms with Crippen molar-refractivity contribution in [3.05, 3.63) is 72.8 Å². The molecule has 0 bridgehead atoms. The normalized spacial score (nSPS) is 10.6. The molecule has 0 fully saturated rings. The van der Waals surface area contributed by atoms with E-state index in [-0.39, 0.29) is 17.4 Å². The average Bonchev–Trinajstić information content (AvgIpc) is 3.28. The summed E-state index contributed by atoms with van der Waals surface area (Å²) in [5.74, 6) is 1.84. The van der Waals surface area contributed by atoms with Crippen molar-refractivity contribution < 1.29 is 19.4 Å². The second-order valence-electron chi connectivity index (χ2n) is 6.93. The lowest BCUT2D eigenvalue weighted by molar-refractivity contribution is -0.113. The Hall–Kier alpha value is -3.98. The highest BCUT2D eigenvalue weighted by Gasteiger charge is 2.18. The molecule has 0 aliphatic carbocycles. The van der Waals surface area contributed by atoms with Gasteiger partial charge in [-0.05, 0) is 48.5 Å². The lowest BCUT2D eigenvalue weighted by Crippen LogP contribution is -2.15. The van der Waals surface area contributed by atoms with Crippen LogP contribution >= 0.6 is 11.8 Å². The molecule has 0 saturated carbocycles. The molecule has 0 aliphatic rings. The number of phenolic OH excluding ortho intramolecular Hbond substituents is 1. The van der Waals surface area contributed by atoms with E-state index < -0.39 is 0 Å². The second kappa shape index (κ2) is 10.1. The summed E-state index contributed by atoms with van der Waals surface area (Å²) in [4.78, 5) is 12.7. The molecular weight excluding hydrogens is 440 g/mol. The zero-order chi connectivity index (χ0) is 23.2. The standard InChI is InChI=1S/C24H22N4O4S/c1-31-19-12-13-20(21(14-19)32-2)25-22(30)15-33-24-27-26-23(16-8-10-18(29)11-9-16)28(24)17-6-4-3-5-7-17/h3-14,29H,15H2,1-2H3,(H,25,30). The van der Waals surface area contributed by atoms with Crippen LogP contribution in [0.3, 0.4) is 0 Å². The molecule has 1 amide bonds. The van der Waals surface area contributed by atoms with Crippen molar-refractivity contribution in [3.8, 4) is 34.3 Å². The molecular formula is C24H22N4O4S. The predicted octanol–water partition coefficient (Wildman–Crippen LogP) is 4.39. The number of aromatic hydroxyl groups is 1. The predicted molar refractivity (Wildman–Crippen MR) is 127 cm³/mol. The number of aromatic nitrogens is 3. The molecule has 0 radical (unpaired) electrons. The average molecular weight is 463 g/mol. The number of hydrogen-bond acceptors (Lipinski definition) is 7. The van der Waals surface area contributed by atoms with Crippen molar-refractivity contribution in [2.75, 3.05) is 25.3 Å². The Balaban J connectivity index is 1.56. The lowest BCUT2D eigenvalue weighted by atomic mass is 10.2. The van der Waals surface area contributed by atoms with Crippen LogP contribution in [0, 0.1) is 0 Å². The molecule has 0 atom stereocenters. The van der Waals surface area contributed by atoms with Crippen LogP contribution in [0.1, 0.15) is 0 Å². The third kappa shape index (κ3) is 5.09. The molecule has 1 aromatic heterocycles. The summed E-state index contributed by atoms with van der Waals surface area (Å²) in [6, 6.07) is 21.6. The van der Waals surface area contributed by atoms with E-state index in [1.165, 1.54) is 18.9 Å². The third-order valence-corrected chi connectivity index (χ3v) is 5.72. The fourth-order valence-electron chi connectivity index (χ4n) is 3.19. The number of rotatable bonds is 8. The van der Waals surface area contributed by atoms with Gasteiger partial charge in [0.25, 0.3) is 0 Å². The van der Waals surface area contributed by atoms with Gasteiger partial charge in [-0.1, -0.05) is 30.0 Å². The minimum atomic E-state index is -0.211. The monoisotopic (exact) mass is 462 g/mol. The number of nitrogens with zero attached hydrogens (tertiary/aromatic N) is 3. The first-order valence-electron chi connectivity index (χ1n) is 10.0. The fraction of sp³-hybridized carbons (Fsp3) is 0.125. The van der Waals surface area contributed by atoms with E-state index in [4.69, 9.17) is 9.47 Å². The van der Waals surface area contributed by atoms with E-state index in [0.717, 1.165) is 11.3 Å². The van der Waals surface area contributed by atoms with Crippen LogP contribution in [0.25, 0.3) is 17.1 Å². The van der Waals surface area contributed by atoms with Crippen LogP contribution in [0.15, 0.2) is 78.0 Å². The number of carbonyl (C=O) groups is 1. The van der Waals surface area contributed by atoms with Crippen LogP contribution < -0.4 is 14.8 Å². The summed E-state index contributed by atoms with van der Waals surface area (Å²) in [5, 5.41) is 21.7. The van der Waals surface area contributed by atoms with Crippen molar-refractivity contribution in [1.82, 2.24) is 14.8 Å². The van der Waals surface area contributed by atoms with Crippen LogP contribution in [0.2, 0.25) is 0 Å². The summed E-state index contributed by atoms with van der Waals surface area (Å²) in [6.07, 6.45) is 0. The van der Waals surface area contributed by atoms with E-state index in [2.05, 4.69) is 15.5 Å². The van der Waals surface area contributed by atoms with Gasteiger partial charge in [0, 0.05) is 17.3 Å². The molecule has 0 spiro atoms. The van der Waals surface area contributed by atoms with Gasteiger partial charge < -0.3 is 19.9 Å². The molecule has 2 N–H and O–H groups in total. The Morgan fingerprint density at radius 2 is 1.76 bits per heavy atom. The maximum absolute atomic E-state index is 12.7. The van der Waals surface area contributed by atoms with Gasteiger partial charge in [0.2, 0.25) is 5.91 Å². The topological polar surface area (TPSA) is 98.5 Å². The highest BCUT2D eigenvalue weighted by Crippen LogP contribution is 2.31. The van der Waals surface area contributed by atoms with Crippen LogP contribution in [0.5, 0.6) is 17.2 Å². The Morgan fingerprint density at radius 3 is 2.45 bits per heavy atom. The Bertz CT molecular complexity index is 1240. The Morgan fingerprint density at radius 1 is 1.00 bits per heavy atom. The number of carbonyl (C=O) groups excluding carboxylic acids is 1. The van der Waals surface area contributed by atoms with E-state index >= 15 is 0 Å². The van der Waals surface area contributed by atoms with Crippen molar-refractivity contribution in [3.63, 3.8) is 0 Å². The number of thioether (sulfide) groups is 1. The second-order valence-corrected chi connectivity index (χ2v) is 7.87. The molecule has 4 rings (SSSR count). The van der Waals surface area contributed by atoms with Crippen LogP contribution in [-0.2, 0) is 4.79 Å². The van der Waals surface area contributed by atoms with Gasteiger partial charge in [-0.25, -0.2) is 0 Å². The zero-order valence-corrected chi connectivity index (χ0v) is 18.9. The van der Waals surface area contributed by atoms with E-state index in [1.807, 2.05) is 34.9 Å². The minimum Gasteiger partial charge on any atom is -0.508 e. The maximum Gasteiger partial charge on any atom is 0.234 e. The highest BCUT2D eigenvalue weighted by atomic mass is 32.2. The lowest BCUT2D eigenvalue weighted by Gasteiger charge is -2.12. The summed E-state index contributed by atoms with van der Waals surface area (Å²) in [5.41, 5.74) is 2.21. The number of benzene rings is 3. The number of nitrogens with one attached hydrogen (secondary N) is 1. The summed E-state index contributed by atoms with van der Waals surface area (Å²) in [7, 11) is 3.10. The molecule has 0 unspecified atom stereocenters. The molecule has 8 nitrogen and oxygen atoms in total. The molecule has 33 heavy (non-hydrogen) atoms. The number of para-hydroxylation sites is 1. The molecule has 168 valence electrons. The van der Waals surface area contributed by atoms with Gasteiger partial charge in [-0.15, -0.1) is 10.2 Å². The Kier molecular flexibility index (Phi) is 6.80. The van der Waals surface area contributed by atoms with Gasteiger partial charge in [-0.3, -0.25) is 9.36 Å². The third-order valence-electron chi connectivity index (χ3n) is 4.79. The first-order valence-corrected chi connectivity index (χ1v) is 11.0. The largest absolute Gasteiger partial charge is 0.508 e. The van der Waals surface area contributed by atoms with E-state index in [9.17, 15) is 9.90 Å². The van der Waals surface area contributed by atoms with Gasteiger partial charge in [0.1, 0.15) is 17.2 Å². The smallest absolute Gasteiger partial charge is 0.234 e. The quantitative estimate of drug-likeness (QED) is 0.375. The van der Waals surface area contributed by atoms with Gasteiger partial charge in [-0.2, -0.15) is 0 Å². The summed E-state index contributed by atoms with van der Waals surface area (Å²) < 4.78 is 12.4. The van der Waals surface area contributed by atoms with E-state index in [0.29, 0.717) is 28.2 Å². The number of methoxy groups -OCH3 is 2. The fourth-order valence-corrected chi connectivity index (χ4v) is 3.94. The molecule has 0 saturated heterocycles. The van der Waals surface area contributed by atoms with Crippen molar-refractivity contribution >= 4 is 23.4 Å². The summed E-state index contributed by atoms with van der Waals surface area (Å²) in [6.45, 7) is 0. The highest BCUT2D eigenvalue weighted by molar-refractivity contribution is 7.99. The first-order chi connectivity index (χ1) is 16.1. The van der Waals surface area contributed by atoms with Crippen LogP contribution in [-0.4, -0.2) is 45.8 Å². The van der Waals surface area contributed by atoms with Crippen LogP contribution in [0.4, 0.5) is 5.69 Å². The zero-order valence-electron chi connectivity index (χ0n) is 18.1. The van der Waals surface area contributed by atoms with Gasteiger partial charge >= 0.3 is 0 Å². The molecule has 4 aromatic rings. The molecule has 9 heteroatoms. The van der Waals surface area contributed by atoms with E-state index in [1.54, 1.807) is 49.6 Å². The molecule has 0 aliphatic heterocycles. The van der Waals surface area contributed by atoms with Crippen molar-refractivity contribution in [1.29, 1.82) is 0 Å². The van der Waals surface area contributed by atoms with Gasteiger partial charge in [0.05, 0.1) is 25.7 Å². The number of hydrogen-bond donors (Lipinski definition) is 2. The Labute approximate surface area is 195 Å². The molecule has 1 heterocycles. The number of ether oxygens (including phenoxy) is 2. The van der Waals surface area contributed by atoms with Crippen molar-refractivity contribution in [2.24, 2.45) is 0 Å². The van der Waals surface area contributed by atoms with Crippen molar-refractivity contribution in [2.45, 2.75) is 5.16 Å². The summed E-state index contributed by atoms with van der Waals surface area (Å²) >= 11 is 1.27. The maximum atomic E-state index is 12.7. The number of amides is 1. The SMILES string of the molecule is COc1ccc(NC(=O)CSc2nnc(-c3ccc(O)cc3)n2-c2ccccc2)c(OC)c1. The molecule has 3 aromatic carbocycles. The first kappa shape index (κ1) is 22.2. The minimum absolute atomic E-state index is 0.121. The van der Waals surface area contributed by atoms with Gasteiger partial charge in [0.15, 0.2) is 11.0 Å².